The number of aromatic nitrogens is 2. The van der Waals surface area contributed by atoms with E-state index < -0.39 is 0 Å². The number of carbonyl (C=O) groups excluding carboxylic acids is 1. The average molecular weight is 393 g/mol. The first kappa shape index (κ1) is 19.5. The summed E-state index contributed by atoms with van der Waals surface area (Å²) >= 11 is 0. The predicted octanol–water partition coefficient (Wildman–Crippen LogP) is 3.76. The second-order valence-electron chi connectivity index (χ2n) is 8.00. The first-order chi connectivity index (χ1) is 14.1. The normalized spacial score (nSPS) is 20.3. The third kappa shape index (κ3) is 4.95. The van der Waals surface area contributed by atoms with Crippen molar-refractivity contribution in [2.24, 2.45) is 0 Å². The van der Waals surface area contributed by atoms with Crippen LogP contribution in [-0.2, 0) is 6.42 Å². The van der Waals surface area contributed by atoms with Gasteiger partial charge in [-0.3, -0.25) is 0 Å². The van der Waals surface area contributed by atoms with Crippen molar-refractivity contribution < 1.29 is 9.90 Å². The van der Waals surface area contributed by atoms with Gasteiger partial charge in [0.2, 0.25) is 0 Å². The number of imidazole rings is 1. The van der Waals surface area contributed by atoms with E-state index in [-0.39, 0.29) is 24.2 Å². The van der Waals surface area contributed by atoms with Crippen LogP contribution < -0.4 is 10.6 Å². The van der Waals surface area contributed by atoms with Gasteiger partial charge < -0.3 is 20.7 Å². The molecule has 0 unspecified atom stereocenters. The molecule has 2 amide bonds. The van der Waals surface area contributed by atoms with Gasteiger partial charge in [0.1, 0.15) is 5.82 Å². The number of aryl methyl sites for hydroxylation is 1. The fourth-order valence-electron chi connectivity index (χ4n) is 3.92. The molecule has 0 radical (unpaired) electrons. The zero-order chi connectivity index (χ0) is 20.2. The molecule has 1 saturated carbocycles. The summed E-state index contributed by atoms with van der Waals surface area (Å²) in [6, 6.07) is 15.9. The number of carbonyl (C=O) groups is 1. The molecule has 1 aliphatic carbocycles. The van der Waals surface area contributed by atoms with Crippen LogP contribution in [0.2, 0.25) is 0 Å². The summed E-state index contributed by atoms with van der Waals surface area (Å²) in [7, 11) is 0. The lowest BCUT2D eigenvalue weighted by Gasteiger charge is -2.27. The van der Waals surface area contributed by atoms with Gasteiger partial charge in [-0.25, -0.2) is 9.78 Å². The van der Waals surface area contributed by atoms with Crippen molar-refractivity contribution in [3.05, 3.63) is 65.5 Å². The molecule has 3 aromatic rings. The zero-order valence-electron chi connectivity index (χ0n) is 16.7. The molecule has 0 bridgehead atoms. The summed E-state index contributed by atoms with van der Waals surface area (Å²) in [5, 5.41) is 15.8. The quantitative estimate of drug-likeness (QED) is 0.533. The fraction of sp³-hybridized carbons (Fsp3) is 0.391. The Morgan fingerprint density at radius 1 is 1.14 bits per heavy atom. The Morgan fingerprint density at radius 3 is 2.59 bits per heavy atom. The summed E-state index contributed by atoms with van der Waals surface area (Å²) < 4.78 is 0. The zero-order valence-corrected chi connectivity index (χ0v) is 16.7. The van der Waals surface area contributed by atoms with E-state index in [4.69, 9.17) is 4.98 Å². The summed E-state index contributed by atoms with van der Waals surface area (Å²) in [5.74, 6) is 0.751. The molecular formula is C23H28N4O2. The molecule has 1 fully saturated rings. The first-order valence-corrected chi connectivity index (χ1v) is 10.3. The van der Waals surface area contributed by atoms with Crippen LogP contribution in [0.5, 0.6) is 0 Å². The predicted molar refractivity (Wildman–Crippen MR) is 114 cm³/mol. The number of H-pyrrole nitrogens is 1. The number of rotatable bonds is 5. The van der Waals surface area contributed by atoms with Crippen molar-refractivity contribution in [1.29, 1.82) is 0 Å². The lowest BCUT2D eigenvalue weighted by atomic mass is 9.93. The van der Waals surface area contributed by atoms with Crippen molar-refractivity contribution >= 4 is 17.1 Å². The fourth-order valence-corrected chi connectivity index (χ4v) is 3.92. The number of aliphatic hydroxyl groups excluding tert-OH is 1. The second kappa shape index (κ2) is 8.66. The number of urea groups is 1. The highest BCUT2D eigenvalue weighted by Crippen LogP contribution is 2.21. The van der Waals surface area contributed by atoms with E-state index in [0.717, 1.165) is 48.1 Å². The van der Waals surface area contributed by atoms with Gasteiger partial charge in [0.05, 0.1) is 23.2 Å². The number of nitrogens with zero attached hydrogens (tertiary/aromatic N) is 1. The minimum absolute atomic E-state index is 0.106. The highest BCUT2D eigenvalue weighted by molar-refractivity contribution is 5.76. The van der Waals surface area contributed by atoms with Crippen LogP contribution in [-0.4, -0.2) is 33.3 Å². The van der Waals surface area contributed by atoms with Crippen molar-refractivity contribution in [3.63, 3.8) is 0 Å². The molecule has 4 N–H and O–H groups in total. The third-order valence-electron chi connectivity index (χ3n) is 5.64. The Labute approximate surface area is 170 Å². The van der Waals surface area contributed by atoms with Crippen LogP contribution in [0.15, 0.2) is 48.5 Å². The molecule has 29 heavy (non-hydrogen) atoms. The molecule has 1 aliphatic rings. The summed E-state index contributed by atoms with van der Waals surface area (Å²) in [6.45, 7) is 2.06. The number of benzene rings is 2. The Kier molecular flexibility index (Phi) is 5.81. The molecule has 0 aliphatic heterocycles. The van der Waals surface area contributed by atoms with Gasteiger partial charge in [0.25, 0.3) is 0 Å². The molecule has 0 saturated heterocycles. The smallest absolute Gasteiger partial charge is 0.315 e. The Hall–Kier alpha value is -2.86. The van der Waals surface area contributed by atoms with Gasteiger partial charge in [-0.05, 0) is 56.7 Å². The van der Waals surface area contributed by atoms with E-state index in [0.29, 0.717) is 6.42 Å². The maximum Gasteiger partial charge on any atom is 0.315 e. The lowest BCUT2D eigenvalue weighted by molar-refractivity contribution is 0.117. The van der Waals surface area contributed by atoms with Gasteiger partial charge in [-0.1, -0.05) is 42.0 Å². The van der Waals surface area contributed by atoms with E-state index in [9.17, 15) is 9.90 Å². The van der Waals surface area contributed by atoms with Crippen LogP contribution in [0.3, 0.4) is 0 Å². The van der Waals surface area contributed by atoms with Crippen LogP contribution in [0.4, 0.5) is 4.79 Å². The largest absolute Gasteiger partial charge is 0.393 e. The van der Waals surface area contributed by atoms with Gasteiger partial charge in [-0.2, -0.15) is 0 Å². The third-order valence-corrected chi connectivity index (χ3v) is 5.64. The summed E-state index contributed by atoms with van der Waals surface area (Å²) in [4.78, 5) is 20.8. The summed E-state index contributed by atoms with van der Waals surface area (Å²) in [6.07, 6.45) is 3.50. The van der Waals surface area contributed by atoms with Crippen molar-refractivity contribution in [2.45, 2.75) is 57.2 Å². The molecule has 6 nitrogen and oxygen atoms in total. The van der Waals surface area contributed by atoms with Crippen LogP contribution in [0.1, 0.15) is 48.7 Å². The molecule has 6 heteroatoms. The molecule has 4 rings (SSSR count). The SMILES string of the molecule is Cc1ccc(C[C@@H](NC(=O)N[C@H]2CC[C@H](O)CC2)c2nc3ccccc3[nH]2)cc1. The topological polar surface area (TPSA) is 90.0 Å². The minimum atomic E-state index is -0.265. The summed E-state index contributed by atoms with van der Waals surface area (Å²) in [5.41, 5.74) is 4.20. The molecule has 152 valence electrons. The maximum absolute atomic E-state index is 12.7. The van der Waals surface area contributed by atoms with Crippen LogP contribution in [0, 0.1) is 6.92 Å². The average Bonchev–Trinajstić information content (AvgIpc) is 3.15. The Bertz CT molecular complexity index is 925. The number of hydrogen-bond acceptors (Lipinski definition) is 3. The van der Waals surface area contributed by atoms with Gasteiger partial charge in [0.15, 0.2) is 0 Å². The highest BCUT2D eigenvalue weighted by Gasteiger charge is 2.23. The van der Waals surface area contributed by atoms with Gasteiger partial charge in [-0.15, -0.1) is 0 Å². The minimum Gasteiger partial charge on any atom is -0.393 e. The molecule has 2 aromatic carbocycles. The first-order valence-electron chi connectivity index (χ1n) is 10.3. The number of fused-ring (bicyclic) bond motifs is 1. The maximum atomic E-state index is 12.7. The highest BCUT2D eigenvalue weighted by atomic mass is 16.3. The van der Waals surface area contributed by atoms with Crippen molar-refractivity contribution in [3.8, 4) is 0 Å². The van der Waals surface area contributed by atoms with E-state index in [1.54, 1.807) is 0 Å². The van der Waals surface area contributed by atoms with E-state index in [1.807, 2.05) is 24.3 Å². The molecule has 1 heterocycles. The number of aliphatic hydroxyl groups is 1. The van der Waals surface area contributed by atoms with Crippen molar-refractivity contribution in [2.75, 3.05) is 0 Å². The monoisotopic (exact) mass is 392 g/mol. The van der Waals surface area contributed by atoms with Gasteiger partial charge >= 0.3 is 6.03 Å². The number of para-hydroxylation sites is 2. The Morgan fingerprint density at radius 2 is 1.86 bits per heavy atom. The Balaban J connectivity index is 1.50. The van der Waals surface area contributed by atoms with Gasteiger partial charge in [0, 0.05) is 6.04 Å². The molecular weight excluding hydrogens is 364 g/mol. The second-order valence-corrected chi connectivity index (χ2v) is 8.00. The van der Waals surface area contributed by atoms with Crippen molar-refractivity contribution in [1.82, 2.24) is 20.6 Å². The number of nitrogens with one attached hydrogen (secondary N) is 3. The number of hydrogen-bond donors (Lipinski definition) is 4. The van der Waals surface area contributed by atoms with Crippen LogP contribution >= 0.6 is 0 Å². The van der Waals surface area contributed by atoms with E-state index >= 15 is 0 Å². The molecule has 1 aromatic heterocycles. The number of amides is 2. The van der Waals surface area contributed by atoms with E-state index in [2.05, 4.69) is 46.8 Å². The van der Waals surface area contributed by atoms with Crippen LogP contribution in [0.25, 0.3) is 11.0 Å². The molecule has 0 spiro atoms. The lowest BCUT2D eigenvalue weighted by Crippen LogP contribution is -2.45. The molecule has 1 atom stereocenters. The number of aromatic amines is 1. The van der Waals surface area contributed by atoms with E-state index in [1.165, 1.54) is 5.56 Å². The standard InChI is InChI=1S/C23H28N4O2/c1-15-6-8-16(9-7-15)14-21(22-25-19-4-2-3-5-20(19)26-22)27-23(29)24-17-10-12-18(28)13-11-17/h2-9,17-18,21,28H,10-14H2,1H3,(H,25,26)(H2,24,27,29)/t17-,18-,21-/m1/s1.